The van der Waals surface area contributed by atoms with Crippen molar-refractivity contribution in [3.05, 3.63) is 24.0 Å². The van der Waals surface area contributed by atoms with Crippen LogP contribution in [0.4, 0.5) is 5.69 Å². The number of anilines is 1. The molecule has 1 unspecified atom stereocenters. The van der Waals surface area contributed by atoms with Crippen molar-refractivity contribution in [2.75, 3.05) is 31.9 Å². The number of nitrogens with zero attached hydrogens (tertiary/aromatic N) is 3. The predicted molar refractivity (Wildman–Crippen MR) is 73.2 cm³/mol. The fourth-order valence-electron chi connectivity index (χ4n) is 2.16. The van der Waals surface area contributed by atoms with Gasteiger partial charge in [-0.2, -0.15) is 0 Å². The van der Waals surface area contributed by atoms with Crippen molar-refractivity contribution in [2.45, 2.75) is 13.0 Å². The maximum Gasteiger partial charge on any atom is 0.320 e. The molecule has 0 aromatic carbocycles. The minimum Gasteiger partial charge on any atom is -0.480 e. The third kappa shape index (κ3) is 3.05. The van der Waals surface area contributed by atoms with Crippen LogP contribution < -0.4 is 5.73 Å². The van der Waals surface area contributed by atoms with Gasteiger partial charge in [-0.15, -0.1) is 0 Å². The van der Waals surface area contributed by atoms with E-state index in [0.717, 1.165) is 0 Å². The molecule has 1 aliphatic rings. The van der Waals surface area contributed by atoms with Crippen molar-refractivity contribution in [3.63, 3.8) is 0 Å². The minimum absolute atomic E-state index is 0.146. The molecule has 1 aromatic rings. The van der Waals surface area contributed by atoms with Crippen LogP contribution in [0.5, 0.6) is 0 Å². The smallest absolute Gasteiger partial charge is 0.320 e. The summed E-state index contributed by atoms with van der Waals surface area (Å²) in [7, 11) is 0. The second kappa shape index (κ2) is 5.87. The molecule has 0 radical (unpaired) electrons. The molecular weight excluding hydrogens is 260 g/mol. The van der Waals surface area contributed by atoms with E-state index in [9.17, 15) is 9.59 Å². The Morgan fingerprint density at radius 1 is 1.30 bits per heavy atom. The van der Waals surface area contributed by atoms with Gasteiger partial charge in [0.2, 0.25) is 0 Å². The maximum atomic E-state index is 12.2. The van der Waals surface area contributed by atoms with Crippen molar-refractivity contribution in [1.29, 1.82) is 0 Å². The summed E-state index contributed by atoms with van der Waals surface area (Å²) in [6.45, 7) is 3.76. The summed E-state index contributed by atoms with van der Waals surface area (Å²) < 4.78 is 0. The van der Waals surface area contributed by atoms with Crippen LogP contribution in [0.2, 0.25) is 0 Å². The molecule has 1 aromatic heterocycles. The van der Waals surface area contributed by atoms with E-state index in [2.05, 4.69) is 4.98 Å². The van der Waals surface area contributed by atoms with Gasteiger partial charge in [0.05, 0.1) is 11.9 Å². The molecule has 7 nitrogen and oxygen atoms in total. The monoisotopic (exact) mass is 278 g/mol. The van der Waals surface area contributed by atoms with Crippen LogP contribution in [0.15, 0.2) is 18.3 Å². The number of carboxylic acids is 1. The van der Waals surface area contributed by atoms with E-state index in [1.165, 1.54) is 6.20 Å². The average Bonchev–Trinajstić information content (AvgIpc) is 2.46. The van der Waals surface area contributed by atoms with E-state index < -0.39 is 12.0 Å². The number of carboxylic acid groups (broad SMARTS) is 1. The molecule has 0 aliphatic carbocycles. The van der Waals surface area contributed by atoms with Gasteiger partial charge in [-0.1, -0.05) is 0 Å². The molecule has 7 heteroatoms. The lowest BCUT2D eigenvalue weighted by Crippen LogP contribution is -2.53. The Kier molecular flexibility index (Phi) is 4.19. The van der Waals surface area contributed by atoms with Crippen molar-refractivity contribution in [1.82, 2.24) is 14.8 Å². The number of nitrogen functional groups attached to an aromatic ring is 1. The highest BCUT2D eigenvalue weighted by molar-refractivity contribution is 5.92. The van der Waals surface area contributed by atoms with Crippen molar-refractivity contribution < 1.29 is 14.7 Å². The number of nitrogens with two attached hydrogens (primary N) is 1. The summed E-state index contributed by atoms with van der Waals surface area (Å²) >= 11 is 0. The Morgan fingerprint density at radius 2 is 1.95 bits per heavy atom. The van der Waals surface area contributed by atoms with Gasteiger partial charge >= 0.3 is 5.97 Å². The summed E-state index contributed by atoms with van der Waals surface area (Å²) in [5.41, 5.74) is 6.41. The SMILES string of the molecule is CC(C(=O)O)N1CCN(C(=O)c2ccc(N)cn2)CC1. The summed E-state index contributed by atoms with van der Waals surface area (Å²) in [5.74, 6) is -0.988. The van der Waals surface area contributed by atoms with Crippen LogP contribution in [-0.4, -0.2) is 64.0 Å². The van der Waals surface area contributed by atoms with Crippen LogP contribution in [0, 0.1) is 0 Å². The molecule has 20 heavy (non-hydrogen) atoms. The normalized spacial score (nSPS) is 17.8. The molecule has 3 N–H and O–H groups in total. The third-order valence-electron chi connectivity index (χ3n) is 3.51. The summed E-state index contributed by atoms with van der Waals surface area (Å²) in [4.78, 5) is 30.7. The second-order valence-electron chi connectivity index (χ2n) is 4.82. The molecule has 1 fully saturated rings. The molecule has 0 bridgehead atoms. The Bertz CT molecular complexity index is 495. The van der Waals surface area contributed by atoms with E-state index in [-0.39, 0.29) is 5.91 Å². The van der Waals surface area contributed by atoms with Crippen LogP contribution >= 0.6 is 0 Å². The van der Waals surface area contributed by atoms with Crippen molar-refractivity contribution >= 4 is 17.6 Å². The molecule has 1 atom stereocenters. The van der Waals surface area contributed by atoms with Crippen molar-refractivity contribution in [2.24, 2.45) is 0 Å². The number of aliphatic carboxylic acids is 1. The van der Waals surface area contributed by atoms with E-state index in [1.54, 1.807) is 24.0 Å². The zero-order valence-electron chi connectivity index (χ0n) is 11.3. The Hall–Kier alpha value is -2.15. The second-order valence-corrected chi connectivity index (χ2v) is 4.82. The van der Waals surface area contributed by atoms with Gasteiger partial charge < -0.3 is 15.7 Å². The number of aromatic nitrogens is 1. The average molecular weight is 278 g/mol. The van der Waals surface area contributed by atoms with Crippen LogP contribution in [0.1, 0.15) is 17.4 Å². The topological polar surface area (TPSA) is 99.8 Å². The summed E-state index contributed by atoms with van der Waals surface area (Å²) in [5, 5.41) is 8.97. The molecule has 0 saturated carbocycles. The minimum atomic E-state index is -0.843. The number of hydrogen-bond acceptors (Lipinski definition) is 5. The molecule has 1 amide bonds. The number of pyridine rings is 1. The van der Waals surface area contributed by atoms with Gasteiger partial charge in [0, 0.05) is 26.2 Å². The number of hydrogen-bond donors (Lipinski definition) is 2. The third-order valence-corrected chi connectivity index (χ3v) is 3.51. The first-order chi connectivity index (χ1) is 9.49. The lowest BCUT2D eigenvalue weighted by molar-refractivity contribution is -0.143. The lowest BCUT2D eigenvalue weighted by atomic mass is 10.2. The number of rotatable bonds is 3. The lowest BCUT2D eigenvalue weighted by Gasteiger charge is -2.36. The fourth-order valence-corrected chi connectivity index (χ4v) is 2.16. The molecule has 1 saturated heterocycles. The highest BCUT2D eigenvalue weighted by Gasteiger charge is 2.27. The standard InChI is InChI=1S/C13H18N4O3/c1-9(13(19)20)16-4-6-17(7-5-16)12(18)11-3-2-10(14)8-15-11/h2-3,8-9H,4-7,14H2,1H3,(H,19,20). The predicted octanol–water partition coefficient (Wildman–Crippen LogP) is -0.105. The molecule has 108 valence electrons. The van der Waals surface area contributed by atoms with Crippen LogP contribution in [0.3, 0.4) is 0 Å². The molecular formula is C13H18N4O3. The van der Waals surface area contributed by atoms with E-state index in [4.69, 9.17) is 10.8 Å². The van der Waals surface area contributed by atoms with Crippen LogP contribution in [-0.2, 0) is 4.79 Å². The summed E-state index contributed by atoms with van der Waals surface area (Å²) in [6.07, 6.45) is 1.45. The Balaban J connectivity index is 1.95. The van der Waals surface area contributed by atoms with Gasteiger partial charge in [-0.25, -0.2) is 4.98 Å². The zero-order chi connectivity index (χ0) is 14.7. The van der Waals surface area contributed by atoms with E-state index >= 15 is 0 Å². The van der Waals surface area contributed by atoms with Gasteiger partial charge in [0.1, 0.15) is 11.7 Å². The Morgan fingerprint density at radius 3 is 2.45 bits per heavy atom. The number of carbonyl (C=O) groups excluding carboxylic acids is 1. The van der Waals surface area contributed by atoms with Gasteiger partial charge in [-0.3, -0.25) is 14.5 Å². The number of carbonyl (C=O) groups is 2. The van der Waals surface area contributed by atoms with E-state index in [1.807, 2.05) is 4.90 Å². The first kappa shape index (κ1) is 14.3. The van der Waals surface area contributed by atoms with E-state index in [0.29, 0.717) is 37.6 Å². The van der Waals surface area contributed by atoms with Crippen molar-refractivity contribution in [3.8, 4) is 0 Å². The van der Waals surface area contributed by atoms with Crippen LogP contribution in [0.25, 0.3) is 0 Å². The highest BCUT2D eigenvalue weighted by Crippen LogP contribution is 2.10. The van der Waals surface area contributed by atoms with Gasteiger partial charge in [-0.05, 0) is 19.1 Å². The number of piperazine rings is 1. The molecule has 2 rings (SSSR count). The quantitative estimate of drug-likeness (QED) is 0.800. The maximum absolute atomic E-state index is 12.2. The first-order valence-corrected chi connectivity index (χ1v) is 6.46. The zero-order valence-corrected chi connectivity index (χ0v) is 11.3. The fraction of sp³-hybridized carbons (Fsp3) is 0.462. The van der Waals surface area contributed by atoms with Gasteiger partial charge in [0.25, 0.3) is 5.91 Å². The molecule has 1 aliphatic heterocycles. The largest absolute Gasteiger partial charge is 0.480 e. The first-order valence-electron chi connectivity index (χ1n) is 6.46. The highest BCUT2D eigenvalue weighted by atomic mass is 16.4. The summed E-state index contributed by atoms with van der Waals surface area (Å²) in [6, 6.07) is 2.72. The number of amides is 1. The van der Waals surface area contributed by atoms with Gasteiger partial charge in [0.15, 0.2) is 0 Å². The molecule has 0 spiro atoms. The Labute approximate surface area is 117 Å². The molecule has 2 heterocycles.